The molecule has 0 fully saturated rings. The number of hydrogen-bond donors (Lipinski definition) is 1. The molecule has 0 radical (unpaired) electrons. The molecule has 0 aliphatic carbocycles. The summed E-state index contributed by atoms with van der Waals surface area (Å²) in [5.74, 6) is 0.232. The van der Waals surface area contributed by atoms with Gasteiger partial charge in [-0.15, -0.1) is 0 Å². The maximum absolute atomic E-state index is 9.10. The minimum atomic E-state index is -0.729. The molecule has 0 spiro atoms. The van der Waals surface area contributed by atoms with E-state index in [1.165, 1.54) is 3.58 Å². The Morgan fingerprint density at radius 3 is 2.74 bits per heavy atom. The van der Waals surface area contributed by atoms with Crippen molar-refractivity contribution in [1.29, 1.82) is 0 Å². The third-order valence-electron chi connectivity index (χ3n) is 2.35. The molecule has 0 aliphatic rings. The van der Waals surface area contributed by atoms with Crippen molar-refractivity contribution in [3.05, 3.63) is 9.66 Å². The number of hydrogen-bond acceptors (Lipinski definition) is 2. The van der Waals surface area contributed by atoms with Gasteiger partial charge in [0.2, 0.25) is 0 Å². The molecule has 2 nitrogen and oxygen atoms in total. The monoisotopic (exact) mass is 380 g/mol. The molecule has 0 saturated carbocycles. The van der Waals surface area contributed by atoms with Crippen molar-refractivity contribution in [2.75, 3.05) is 6.61 Å². The number of aliphatic hydroxyl groups is 1. The summed E-state index contributed by atoms with van der Waals surface area (Å²) in [6, 6.07) is 1.83. The third kappa shape index (κ3) is 11.4. The standard InChI is InChI=1S/C8H16B7IO2S/c1-6(5-7(2)16)8(3-4-17)18-19(10)15-14-13-12-11-9/h5-6,8,17H,3-4,9H2,1-2H3/b7-5+/t6-,8-/m0/s1. The van der Waals surface area contributed by atoms with E-state index in [1.807, 2.05) is 47.5 Å². The van der Waals surface area contributed by atoms with Crippen LogP contribution in [0.5, 0.6) is 0 Å². The molecule has 2 atom stereocenters. The molecule has 0 aromatic carbocycles. The molecule has 1 N–H and O–H groups in total. The van der Waals surface area contributed by atoms with Crippen molar-refractivity contribution in [2.24, 2.45) is 5.92 Å². The first kappa shape index (κ1) is 20.1. The van der Waals surface area contributed by atoms with Crippen molar-refractivity contribution in [3.8, 4) is 0 Å². The molecule has 0 bridgehead atoms. The second-order valence-electron chi connectivity index (χ2n) is 4.13. The van der Waals surface area contributed by atoms with Gasteiger partial charge in [0, 0.05) is 0 Å². The first-order chi connectivity index (χ1) is 9.01. The summed E-state index contributed by atoms with van der Waals surface area (Å²) in [6.07, 6.45) is 2.66. The Bertz CT molecular complexity index is 468. The number of allylic oxidation sites excluding steroid dienone is 1. The third-order valence-corrected chi connectivity index (χ3v) is 3.61. The second kappa shape index (κ2) is 12.8. The molecule has 0 rings (SSSR count). The Labute approximate surface area is 137 Å². The Hall–Kier alpha value is 1.06. The first-order valence-electron chi connectivity index (χ1n) is 6.23. The molecule has 0 heterocycles. The van der Waals surface area contributed by atoms with Gasteiger partial charge >= 0.3 is 137 Å². The van der Waals surface area contributed by atoms with E-state index in [1.54, 1.807) is 0 Å². The van der Waals surface area contributed by atoms with Crippen LogP contribution in [0.3, 0.4) is 0 Å². The number of halogens is 1. The maximum atomic E-state index is 9.10. The molecule has 0 aromatic rings. The Morgan fingerprint density at radius 2 is 2.21 bits per heavy atom. The van der Waals surface area contributed by atoms with Crippen molar-refractivity contribution < 1.29 is 9.29 Å². The summed E-state index contributed by atoms with van der Waals surface area (Å²) in [5, 5.41) is 9.10. The van der Waals surface area contributed by atoms with Crippen molar-refractivity contribution in [3.63, 3.8) is 0 Å². The van der Waals surface area contributed by atoms with Gasteiger partial charge in [-0.25, -0.2) is 0 Å². The van der Waals surface area contributed by atoms with E-state index in [9.17, 15) is 0 Å². The van der Waals surface area contributed by atoms with E-state index >= 15 is 0 Å². The molecule has 94 valence electrons. The molecule has 11 heteroatoms. The second-order valence-corrected chi connectivity index (χ2v) is 6.96. The fourth-order valence-corrected chi connectivity index (χ4v) is 2.90. The van der Waals surface area contributed by atoms with Crippen LogP contribution in [0, 0.1) is 5.92 Å². The molecular formula is C8H16B7IO2S. The predicted octanol–water partition coefficient (Wildman–Crippen LogP) is -0.360. The van der Waals surface area contributed by atoms with E-state index in [4.69, 9.17) is 15.8 Å². The van der Waals surface area contributed by atoms with Gasteiger partial charge in [0.25, 0.3) is 0 Å². The predicted molar refractivity (Wildman–Crippen MR) is 104 cm³/mol. The molecule has 0 unspecified atom stereocenters. The van der Waals surface area contributed by atoms with Gasteiger partial charge in [0.1, 0.15) is 0 Å². The van der Waals surface area contributed by atoms with Crippen LogP contribution >= 0.6 is 32.4 Å². The van der Waals surface area contributed by atoms with Gasteiger partial charge in [-0.1, -0.05) is 0 Å². The molecule has 0 saturated heterocycles. The molecule has 0 aromatic heterocycles. The van der Waals surface area contributed by atoms with Crippen LogP contribution in [-0.2, 0) is 4.18 Å². The van der Waals surface area contributed by atoms with E-state index in [-0.39, 0.29) is 18.6 Å². The summed E-state index contributed by atoms with van der Waals surface area (Å²) in [6.45, 7) is 17.8. The Balaban J connectivity index is 4.67. The summed E-state index contributed by atoms with van der Waals surface area (Å²) < 4.78 is 7.01. The normalized spacial score (nSPS) is 15.3. The van der Waals surface area contributed by atoms with E-state index < -0.39 is 9.84 Å². The molecular weight excluding hydrogens is 363 g/mol. The zero-order valence-corrected chi connectivity index (χ0v) is 14.7. The summed E-state index contributed by atoms with van der Waals surface area (Å²) in [5.41, 5.74) is 0. The van der Waals surface area contributed by atoms with Gasteiger partial charge < -0.3 is 0 Å². The zero-order valence-electron chi connectivity index (χ0n) is 11.8. The van der Waals surface area contributed by atoms with Crippen LogP contribution in [-0.4, -0.2) is 64.9 Å². The van der Waals surface area contributed by atoms with Gasteiger partial charge in [-0.3, -0.25) is 0 Å². The first-order valence-corrected chi connectivity index (χ1v) is 8.59. The van der Waals surface area contributed by atoms with Gasteiger partial charge in [0.15, 0.2) is 0 Å². The van der Waals surface area contributed by atoms with Gasteiger partial charge in [0.05, 0.1) is 0 Å². The Morgan fingerprint density at radius 1 is 1.53 bits per heavy atom. The average Bonchev–Trinajstić information content (AvgIpc) is 2.33. The van der Waals surface area contributed by atoms with Gasteiger partial charge in [-0.05, 0) is 0 Å². The Kier molecular flexibility index (Phi) is 13.5. The fourth-order valence-electron chi connectivity index (χ4n) is 1.47. The van der Waals surface area contributed by atoms with Crippen LogP contribution in [0.25, 0.3) is 0 Å². The topological polar surface area (TPSA) is 29.5 Å². The molecule has 19 heavy (non-hydrogen) atoms. The minimum absolute atomic E-state index is 0.0607. The van der Waals surface area contributed by atoms with Crippen LogP contribution in [0.2, 0.25) is 0 Å². The summed E-state index contributed by atoms with van der Waals surface area (Å²) in [7, 11) is 1.23. The average molecular weight is 379 g/mol. The molecule has 0 amide bonds. The van der Waals surface area contributed by atoms with E-state index in [0.717, 1.165) is 0 Å². The fraction of sp³-hybridized carbons (Fsp3) is 0.750. The SMILES string of the molecule is B#S(=BB=BB=BB)O[C@@H](CCO)[C@@H](C)/C=C(\C)I. The number of rotatable bonds is 7. The molecule has 0 aliphatic heterocycles. The quantitative estimate of drug-likeness (QED) is 0.484. The van der Waals surface area contributed by atoms with Crippen LogP contribution in [0.1, 0.15) is 20.3 Å². The van der Waals surface area contributed by atoms with Crippen molar-refractivity contribution in [2.45, 2.75) is 26.4 Å². The summed E-state index contributed by atoms with van der Waals surface area (Å²) >= 11 is 2.27. The van der Waals surface area contributed by atoms with E-state index in [2.05, 4.69) is 35.6 Å². The van der Waals surface area contributed by atoms with Crippen LogP contribution in [0.15, 0.2) is 9.66 Å². The summed E-state index contributed by atoms with van der Waals surface area (Å²) in [4.78, 5) is 0. The van der Waals surface area contributed by atoms with Crippen LogP contribution in [0.4, 0.5) is 0 Å². The van der Waals surface area contributed by atoms with Crippen molar-refractivity contribution >= 4 is 79.5 Å². The zero-order chi connectivity index (χ0) is 14.7. The van der Waals surface area contributed by atoms with Crippen LogP contribution < -0.4 is 0 Å². The van der Waals surface area contributed by atoms with Gasteiger partial charge in [-0.2, -0.15) is 0 Å². The van der Waals surface area contributed by atoms with Crippen molar-refractivity contribution in [1.82, 2.24) is 0 Å². The number of aliphatic hydroxyl groups excluding tert-OH is 1. The van der Waals surface area contributed by atoms with E-state index in [0.29, 0.717) is 6.42 Å².